The van der Waals surface area contributed by atoms with Crippen molar-refractivity contribution in [1.82, 2.24) is 9.88 Å². The number of nitrogens with one attached hydrogen (secondary N) is 1. The highest BCUT2D eigenvalue weighted by Crippen LogP contribution is 2.36. The minimum Gasteiger partial charge on any atom is -0.490 e. The minimum absolute atomic E-state index is 0.129. The highest BCUT2D eigenvalue weighted by molar-refractivity contribution is 7.92. The zero-order chi connectivity index (χ0) is 29.9. The monoisotopic (exact) mass is 606 g/mol. The molecule has 1 fully saturated rings. The fraction of sp³-hybridized carbons (Fsp3) is 0.290. The van der Waals surface area contributed by atoms with Crippen molar-refractivity contribution in [3.05, 3.63) is 84.1 Å². The van der Waals surface area contributed by atoms with Crippen molar-refractivity contribution in [1.29, 1.82) is 0 Å². The van der Waals surface area contributed by atoms with Crippen molar-refractivity contribution in [2.24, 2.45) is 0 Å². The molecule has 0 aliphatic heterocycles. The van der Waals surface area contributed by atoms with Crippen molar-refractivity contribution in [2.45, 2.75) is 48.9 Å². The van der Waals surface area contributed by atoms with Crippen LogP contribution in [0.1, 0.15) is 43.4 Å². The van der Waals surface area contributed by atoms with Gasteiger partial charge in [0.1, 0.15) is 11.9 Å². The number of likely N-dealkylation sites (N-methyl/N-ethyl adjacent to an activating group) is 1. The van der Waals surface area contributed by atoms with E-state index in [9.17, 15) is 13.2 Å². The number of anilines is 2. The molecule has 1 aliphatic carbocycles. The Bertz CT molecular complexity index is 1710. The van der Waals surface area contributed by atoms with E-state index < -0.39 is 15.9 Å². The lowest BCUT2D eigenvalue weighted by atomic mass is 10.00. The fourth-order valence-electron chi connectivity index (χ4n) is 5.14. The maximum Gasteiger partial charge on any atom is 0.249 e. The Morgan fingerprint density at radius 2 is 1.90 bits per heavy atom. The summed E-state index contributed by atoms with van der Waals surface area (Å²) in [6.45, 7) is 2.42. The van der Waals surface area contributed by atoms with Crippen molar-refractivity contribution in [2.75, 3.05) is 24.7 Å². The van der Waals surface area contributed by atoms with Gasteiger partial charge >= 0.3 is 0 Å². The summed E-state index contributed by atoms with van der Waals surface area (Å²) in [5.41, 5.74) is 8.00. The lowest BCUT2D eigenvalue weighted by molar-refractivity contribution is -0.131. The van der Waals surface area contributed by atoms with Crippen molar-refractivity contribution in [3.63, 3.8) is 0 Å². The second-order valence-electron chi connectivity index (χ2n) is 10.4. The van der Waals surface area contributed by atoms with E-state index >= 15 is 0 Å². The van der Waals surface area contributed by atoms with Gasteiger partial charge in [0.05, 0.1) is 26.2 Å². The fourth-order valence-corrected chi connectivity index (χ4v) is 7.42. The van der Waals surface area contributed by atoms with Gasteiger partial charge in [-0.3, -0.25) is 4.79 Å². The molecule has 5 rings (SSSR count). The van der Waals surface area contributed by atoms with Crippen LogP contribution in [0.3, 0.4) is 0 Å². The average molecular weight is 607 g/mol. The number of nitrogens with zero attached hydrogens (tertiary/aromatic N) is 2. The zero-order valence-electron chi connectivity index (χ0n) is 23.6. The molecule has 1 aliphatic rings. The number of pyridine rings is 1. The highest BCUT2D eigenvalue weighted by atomic mass is 32.2. The van der Waals surface area contributed by atoms with Crippen LogP contribution in [-0.2, 0) is 21.2 Å². The lowest BCUT2D eigenvalue weighted by Crippen LogP contribution is -2.36. The second kappa shape index (κ2) is 12.5. The van der Waals surface area contributed by atoms with Crippen LogP contribution in [-0.4, -0.2) is 43.1 Å². The highest BCUT2D eigenvalue weighted by Gasteiger charge is 2.34. The number of carbonyl (C=O) groups is 1. The molecule has 9 nitrogen and oxygen atoms in total. The normalized spacial score (nSPS) is 14.2. The Kier molecular flexibility index (Phi) is 8.85. The number of hydrogen-bond donors (Lipinski definition) is 2. The number of rotatable bonds is 11. The van der Waals surface area contributed by atoms with Crippen LogP contribution in [0.4, 0.5) is 11.5 Å². The molecule has 0 radical (unpaired) electrons. The first-order valence-corrected chi connectivity index (χ1v) is 15.9. The largest absolute Gasteiger partial charge is 0.490 e. The number of sulfone groups is 1. The second-order valence-corrected chi connectivity index (χ2v) is 12.8. The van der Waals surface area contributed by atoms with Gasteiger partial charge in [0.15, 0.2) is 21.3 Å². The third-order valence-electron chi connectivity index (χ3n) is 7.64. The van der Waals surface area contributed by atoms with E-state index in [1.165, 1.54) is 0 Å². The molecule has 0 saturated heterocycles. The van der Waals surface area contributed by atoms with Crippen molar-refractivity contribution < 1.29 is 22.5 Å². The van der Waals surface area contributed by atoms with Crippen LogP contribution in [0.15, 0.2) is 77.8 Å². The Labute approximate surface area is 248 Å². The Balaban J connectivity index is 1.49. The molecular weight excluding hydrogens is 571 g/mol. The van der Waals surface area contributed by atoms with Gasteiger partial charge in [0.2, 0.25) is 5.91 Å². The maximum atomic E-state index is 14.2. The average Bonchev–Trinajstić information content (AvgIpc) is 2.95. The number of nitrogens with two attached hydrogens (primary N) is 1. The van der Waals surface area contributed by atoms with Crippen LogP contribution in [0, 0.1) is 0 Å². The molecule has 11 heteroatoms. The minimum atomic E-state index is -3.47. The summed E-state index contributed by atoms with van der Waals surface area (Å²) < 4.78 is 37.8. The molecule has 3 N–H and O–H groups in total. The van der Waals surface area contributed by atoms with E-state index in [-0.39, 0.29) is 17.7 Å². The third kappa shape index (κ3) is 6.01. The smallest absolute Gasteiger partial charge is 0.249 e. The molecular formula is C31H35N4O5PS. The summed E-state index contributed by atoms with van der Waals surface area (Å²) >= 11 is 0. The summed E-state index contributed by atoms with van der Waals surface area (Å²) in [4.78, 5) is 20.2. The summed E-state index contributed by atoms with van der Waals surface area (Å²) in [6.07, 6.45) is 3.90. The van der Waals surface area contributed by atoms with Gasteiger partial charge in [-0.2, -0.15) is 0 Å². The van der Waals surface area contributed by atoms with E-state index in [1.807, 2.05) is 37.3 Å². The number of amides is 1. The quantitative estimate of drug-likeness (QED) is 0.214. The number of ether oxygens (including phenoxy) is 1. The summed E-state index contributed by atoms with van der Waals surface area (Å²) in [7, 11) is 0.422. The van der Waals surface area contributed by atoms with E-state index in [0.717, 1.165) is 17.2 Å². The van der Waals surface area contributed by atoms with Crippen molar-refractivity contribution >= 4 is 47.5 Å². The number of carbonyl (C=O) groups excluding carboxylic acids is 1. The first-order chi connectivity index (χ1) is 20.2. The summed E-state index contributed by atoms with van der Waals surface area (Å²) in [5, 5.41) is 4.72. The van der Waals surface area contributed by atoms with E-state index in [4.69, 9.17) is 15.0 Å². The predicted molar refractivity (Wildman–Crippen MR) is 168 cm³/mol. The van der Waals surface area contributed by atoms with Crippen LogP contribution >= 0.6 is 9.47 Å². The molecule has 0 spiro atoms. The zero-order valence-corrected chi connectivity index (χ0v) is 25.6. The van der Waals surface area contributed by atoms with Gasteiger partial charge in [-0.05, 0) is 78.7 Å². The van der Waals surface area contributed by atoms with E-state index in [1.54, 1.807) is 54.5 Å². The van der Waals surface area contributed by atoms with Gasteiger partial charge in [0, 0.05) is 30.9 Å². The number of hydrogen-bond acceptors (Lipinski definition) is 8. The summed E-state index contributed by atoms with van der Waals surface area (Å²) in [5.74, 6) is 1.20. The summed E-state index contributed by atoms with van der Waals surface area (Å²) in [6, 6.07) is 19.0. The number of nitrogen functional groups attached to an aromatic ring is 1. The predicted octanol–water partition coefficient (Wildman–Crippen LogP) is 5.52. The van der Waals surface area contributed by atoms with Crippen LogP contribution in [0.25, 0.3) is 10.8 Å². The first kappa shape index (κ1) is 29.6. The van der Waals surface area contributed by atoms with Crippen LogP contribution in [0.5, 0.6) is 11.5 Å². The van der Waals surface area contributed by atoms with Crippen LogP contribution < -0.4 is 20.3 Å². The molecule has 1 aromatic heterocycles. The first-order valence-electron chi connectivity index (χ1n) is 13.8. The number of benzene rings is 3. The van der Waals surface area contributed by atoms with Gasteiger partial charge in [-0.1, -0.05) is 30.7 Å². The Morgan fingerprint density at radius 1 is 1.12 bits per heavy atom. The molecule has 4 aromatic rings. The maximum absolute atomic E-state index is 14.2. The number of fused-ring (bicyclic) bond motifs is 1. The van der Waals surface area contributed by atoms with E-state index in [2.05, 4.69) is 19.8 Å². The van der Waals surface area contributed by atoms with Gasteiger partial charge in [-0.25, -0.2) is 13.4 Å². The Hall–Kier alpha value is -3.88. The SMILES string of the molecule is CCOc1cc([C@@H](Nc2ccc3c(N)nccc3c2)C(=O)N(C)Cc2ccccc2S(=O)(=O)C2CCC2)ccc1OP. The molecule has 1 heterocycles. The topological polar surface area (TPSA) is 124 Å². The molecule has 3 aromatic carbocycles. The van der Waals surface area contributed by atoms with Crippen LogP contribution in [0.2, 0.25) is 0 Å². The third-order valence-corrected chi connectivity index (χ3v) is 10.2. The molecule has 220 valence electrons. The van der Waals surface area contributed by atoms with E-state index in [0.29, 0.717) is 58.5 Å². The Morgan fingerprint density at radius 3 is 2.62 bits per heavy atom. The van der Waals surface area contributed by atoms with Gasteiger partial charge in [-0.15, -0.1) is 0 Å². The lowest BCUT2D eigenvalue weighted by Gasteiger charge is -2.29. The van der Waals surface area contributed by atoms with Gasteiger partial charge in [0.25, 0.3) is 0 Å². The molecule has 0 bridgehead atoms. The standard InChI is InChI=1S/C31H35N4O5PS/c1-3-39-27-18-21(11-14-26(27)40-41)29(34-23-12-13-25-20(17-23)15-16-33-30(25)32)31(36)35(2)19-22-7-4-5-10-28(22)42(37,38)24-8-6-9-24/h4-5,7,10-18,24,29,34H,3,6,8-9,19,41H2,1-2H3,(H2,32,33)/t29-/m1/s1. The van der Waals surface area contributed by atoms with Crippen molar-refractivity contribution in [3.8, 4) is 11.5 Å². The molecule has 1 saturated carbocycles. The number of aromatic nitrogens is 1. The molecule has 1 unspecified atom stereocenters. The molecule has 1 amide bonds. The molecule has 2 atom stereocenters. The molecule has 42 heavy (non-hydrogen) atoms. The van der Waals surface area contributed by atoms with Gasteiger partial charge < -0.3 is 25.2 Å².